The number of hydrogen-bond donors (Lipinski definition) is 1. The van der Waals surface area contributed by atoms with Crippen molar-refractivity contribution in [2.24, 2.45) is 21.8 Å². The average molecular weight is 971 g/mol. The normalized spacial score (nSPS) is 21.0. The van der Waals surface area contributed by atoms with Crippen LogP contribution >= 0.6 is 0 Å². The molecule has 0 radical (unpaired) electrons. The Hall–Kier alpha value is -8.87. The van der Waals surface area contributed by atoms with Crippen molar-refractivity contribution in [2.75, 3.05) is 6.54 Å². The van der Waals surface area contributed by atoms with Gasteiger partial charge in [-0.3, -0.25) is 4.99 Å². The summed E-state index contributed by atoms with van der Waals surface area (Å²) in [7, 11) is 0. The van der Waals surface area contributed by atoms with Gasteiger partial charge in [0.1, 0.15) is 5.84 Å². The third-order valence-electron chi connectivity index (χ3n) is 15.1. The van der Waals surface area contributed by atoms with Gasteiger partial charge in [0.25, 0.3) is 0 Å². The van der Waals surface area contributed by atoms with Gasteiger partial charge in [0.15, 0.2) is 23.3 Å². The number of rotatable bonds is 13. The SMILES string of the molecule is CC/C=C(\C=C(/C)C1=NCC(C2C3=CC=CC32c2cccc(-c3ccccc3)c2)NC(c2ccccc2)=N1)c1cccc(-c2cccc(C3C=C(c4nc(-c5ccccc5)nc(-c5ccccc5)n4)C=CC3C)c2)c1. The van der Waals surface area contributed by atoms with Gasteiger partial charge in [-0.15, -0.1) is 0 Å². The van der Waals surface area contributed by atoms with Crippen LogP contribution in [0, 0.1) is 11.8 Å². The summed E-state index contributed by atoms with van der Waals surface area (Å²) in [5.74, 6) is 4.22. The third kappa shape index (κ3) is 9.52. The number of nitrogens with zero attached hydrogens (tertiary/aromatic N) is 5. The fourth-order valence-corrected chi connectivity index (χ4v) is 11.3. The Bertz CT molecular complexity index is 3620. The molecule has 6 heteroatoms. The number of amidine groups is 2. The van der Waals surface area contributed by atoms with Crippen molar-refractivity contribution in [1.29, 1.82) is 0 Å². The number of benzene rings is 7. The number of nitrogens with one attached hydrogen (secondary N) is 1. The first kappa shape index (κ1) is 47.2. The minimum atomic E-state index is -0.169. The summed E-state index contributed by atoms with van der Waals surface area (Å²) in [4.78, 5) is 25.7. The van der Waals surface area contributed by atoms with Crippen molar-refractivity contribution in [3.05, 3.63) is 282 Å². The topological polar surface area (TPSA) is 75.4 Å². The molecule has 2 heterocycles. The standard InChI is InChI=1S/C69H58N6/c1-4-21-52(40-47(3)64-70-45-62(71-65(72-64)49-24-11-6-12-25-49)63-61-36-20-39-69(61,63)59-35-19-33-56(43-59)48-22-9-5-10-23-48)53-30-17-31-54(41-53)55-32-18-34-57(42-55)60-44-58(38-37-46(60)2)68-74-66(50-26-13-7-14-27-50)73-67(75-68)51-28-15-8-16-29-51/h5-44,46,60,62-63H,4,45H2,1-3H3,(H,70,71,72)/b47-40+,52-21+. The molecule has 1 aliphatic heterocycles. The largest absolute Gasteiger partial charge is 0.364 e. The van der Waals surface area contributed by atoms with Gasteiger partial charge in [0.05, 0.1) is 12.6 Å². The van der Waals surface area contributed by atoms with Gasteiger partial charge < -0.3 is 5.32 Å². The summed E-state index contributed by atoms with van der Waals surface area (Å²) < 4.78 is 0. The van der Waals surface area contributed by atoms with Crippen LogP contribution in [0.15, 0.2) is 264 Å². The Balaban J connectivity index is 0.830. The molecule has 0 amide bonds. The van der Waals surface area contributed by atoms with Crippen molar-refractivity contribution < 1.29 is 0 Å². The van der Waals surface area contributed by atoms with E-state index < -0.39 is 0 Å². The van der Waals surface area contributed by atoms with E-state index in [1.807, 2.05) is 36.4 Å². The Kier molecular flexibility index (Phi) is 12.9. The summed E-state index contributed by atoms with van der Waals surface area (Å²) >= 11 is 0. The van der Waals surface area contributed by atoms with Crippen molar-refractivity contribution in [3.8, 4) is 45.0 Å². The fraction of sp³-hybridized carbons (Fsp3) is 0.145. The molecule has 5 unspecified atom stereocenters. The molecule has 364 valence electrons. The fourth-order valence-electron chi connectivity index (χ4n) is 11.3. The maximum Gasteiger partial charge on any atom is 0.164 e. The first-order valence-electron chi connectivity index (χ1n) is 26.3. The van der Waals surface area contributed by atoms with Crippen LogP contribution in [0.4, 0.5) is 0 Å². The predicted molar refractivity (Wildman–Crippen MR) is 310 cm³/mol. The molecule has 0 saturated heterocycles. The monoisotopic (exact) mass is 970 g/mol. The highest BCUT2D eigenvalue weighted by Crippen LogP contribution is 2.65. The van der Waals surface area contributed by atoms with E-state index in [9.17, 15) is 0 Å². The molecule has 7 aromatic carbocycles. The van der Waals surface area contributed by atoms with E-state index in [2.05, 4.69) is 232 Å². The first-order chi connectivity index (χ1) is 36.9. The van der Waals surface area contributed by atoms with Crippen LogP contribution in [0.3, 0.4) is 0 Å². The van der Waals surface area contributed by atoms with Crippen molar-refractivity contribution in [3.63, 3.8) is 0 Å². The number of allylic oxidation sites excluding steroid dienone is 10. The lowest BCUT2D eigenvalue weighted by molar-refractivity contribution is 0.521. The van der Waals surface area contributed by atoms with Crippen molar-refractivity contribution in [1.82, 2.24) is 20.3 Å². The molecule has 1 fully saturated rings. The molecule has 0 spiro atoms. The molecule has 1 saturated carbocycles. The summed E-state index contributed by atoms with van der Waals surface area (Å²) in [5.41, 5.74) is 15.9. The van der Waals surface area contributed by atoms with Crippen LogP contribution in [0.1, 0.15) is 61.2 Å². The molecule has 8 aromatic rings. The Morgan fingerprint density at radius 1 is 0.627 bits per heavy atom. The molecule has 12 rings (SSSR count). The lowest BCUT2D eigenvalue weighted by atomic mass is 9.81. The van der Waals surface area contributed by atoms with Crippen LogP contribution in [-0.2, 0) is 5.41 Å². The van der Waals surface area contributed by atoms with E-state index in [1.54, 1.807) is 0 Å². The van der Waals surface area contributed by atoms with Gasteiger partial charge in [-0.05, 0) is 93.1 Å². The highest BCUT2D eigenvalue weighted by molar-refractivity contribution is 6.12. The van der Waals surface area contributed by atoms with E-state index in [0.717, 1.165) is 62.6 Å². The third-order valence-corrected chi connectivity index (χ3v) is 15.1. The molecule has 4 aliphatic rings. The van der Waals surface area contributed by atoms with Gasteiger partial charge in [-0.1, -0.05) is 238 Å². The second-order valence-electron chi connectivity index (χ2n) is 20.0. The second kappa shape index (κ2) is 20.6. The predicted octanol–water partition coefficient (Wildman–Crippen LogP) is 15.5. The Labute approximate surface area is 440 Å². The lowest BCUT2D eigenvalue weighted by Gasteiger charge is -2.24. The van der Waals surface area contributed by atoms with Crippen LogP contribution in [0.5, 0.6) is 0 Å². The highest BCUT2D eigenvalue weighted by atomic mass is 15.1. The van der Waals surface area contributed by atoms with Crippen LogP contribution in [0.25, 0.3) is 56.2 Å². The molecule has 3 aliphatic carbocycles. The van der Waals surface area contributed by atoms with E-state index in [-0.39, 0.29) is 29.2 Å². The Morgan fingerprint density at radius 3 is 1.89 bits per heavy atom. The molecule has 6 nitrogen and oxygen atoms in total. The minimum absolute atomic E-state index is 0.0441. The second-order valence-corrected chi connectivity index (χ2v) is 20.0. The lowest BCUT2D eigenvalue weighted by Crippen LogP contribution is -2.40. The number of hydrogen-bond acceptors (Lipinski definition) is 6. The smallest absolute Gasteiger partial charge is 0.164 e. The molecule has 1 N–H and O–H groups in total. The van der Waals surface area contributed by atoms with E-state index >= 15 is 0 Å². The maximum atomic E-state index is 5.35. The zero-order chi connectivity index (χ0) is 50.7. The molecule has 1 aromatic heterocycles. The van der Waals surface area contributed by atoms with Gasteiger partial charge in [-0.2, -0.15) is 0 Å². The molecule has 75 heavy (non-hydrogen) atoms. The Morgan fingerprint density at radius 2 is 1.21 bits per heavy atom. The molecule has 5 atom stereocenters. The average Bonchev–Trinajstić information content (AvgIpc) is 4.24. The molecular weight excluding hydrogens is 913 g/mol. The van der Waals surface area contributed by atoms with Crippen molar-refractivity contribution >= 4 is 22.8 Å². The quantitative estimate of drug-likeness (QED) is 0.117. The van der Waals surface area contributed by atoms with Gasteiger partial charge >= 0.3 is 0 Å². The van der Waals surface area contributed by atoms with E-state index in [0.29, 0.717) is 24.0 Å². The minimum Gasteiger partial charge on any atom is -0.364 e. The number of aromatic nitrogens is 3. The number of fused-ring (bicyclic) bond motifs is 1. The summed E-state index contributed by atoms with van der Waals surface area (Å²) in [6, 6.07) is 68.5. The molecular formula is C69H58N6. The van der Waals surface area contributed by atoms with E-state index in [4.69, 9.17) is 24.9 Å². The van der Waals surface area contributed by atoms with Crippen LogP contribution < -0.4 is 5.32 Å². The maximum absolute atomic E-state index is 5.35. The molecule has 0 bridgehead atoms. The zero-order valence-corrected chi connectivity index (χ0v) is 42.6. The van der Waals surface area contributed by atoms with Gasteiger partial charge in [0, 0.05) is 39.5 Å². The summed E-state index contributed by atoms with van der Waals surface area (Å²) in [6.07, 6.45) is 19.2. The van der Waals surface area contributed by atoms with Gasteiger partial charge in [-0.25, -0.2) is 19.9 Å². The number of aliphatic imine (C=N–C) groups is 2. The summed E-state index contributed by atoms with van der Waals surface area (Å²) in [5, 5.41) is 3.95. The van der Waals surface area contributed by atoms with Gasteiger partial charge in [0.2, 0.25) is 0 Å². The van der Waals surface area contributed by atoms with Crippen LogP contribution in [0.2, 0.25) is 0 Å². The van der Waals surface area contributed by atoms with Crippen LogP contribution in [-0.4, -0.2) is 39.2 Å². The first-order valence-corrected chi connectivity index (χ1v) is 26.3. The zero-order valence-electron chi connectivity index (χ0n) is 42.6. The summed E-state index contributed by atoms with van der Waals surface area (Å²) in [6.45, 7) is 7.23. The van der Waals surface area contributed by atoms with E-state index in [1.165, 1.54) is 33.4 Å². The highest BCUT2D eigenvalue weighted by Gasteiger charge is 2.63. The van der Waals surface area contributed by atoms with Crippen molar-refractivity contribution in [2.45, 2.75) is 44.6 Å².